The second-order valence-electron chi connectivity index (χ2n) is 5.86. The molecule has 0 radical (unpaired) electrons. The number of rotatable bonds is 5. The normalized spacial score (nSPS) is 16.1. The minimum Gasteiger partial charge on any atom is -0.369 e. The van der Waals surface area contributed by atoms with E-state index in [1.807, 2.05) is 23.5 Å². The molecule has 1 saturated heterocycles. The Bertz CT molecular complexity index is 516. The molecule has 0 atom stereocenters. The summed E-state index contributed by atoms with van der Waals surface area (Å²) in [5, 5.41) is 1.87. The molecule has 1 aliphatic heterocycles. The summed E-state index contributed by atoms with van der Waals surface area (Å²) >= 11 is 0. The van der Waals surface area contributed by atoms with Crippen molar-refractivity contribution in [3.63, 3.8) is 0 Å². The van der Waals surface area contributed by atoms with Crippen molar-refractivity contribution in [3.8, 4) is 0 Å². The Morgan fingerprint density at radius 3 is 2.38 bits per heavy atom. The van der Waals surface area contributed by atoms with Crippen molar-refractivity contribution in [2.45, 2.75) is 6.18 Å². The van der Waals surface area contributed by atoms with Crippen LogP contribution in [0, 0.1) is 0 Å². The topological polar surface area (TPSA) is 38.8 Å². The maximum Gasteiger partial charge on any atom is 0.405 e. The smallest absolute Gasteiger partial charge is 0.369 e. The highest BCUT2D eigenvalue weighted by Gasteiger charge is 2.28. The molecule has 0 bridgehead atoms. The lowest BCUT2D eigenvalue weighted by Gasteiger charge is -2.36. The fourth-order valence-corrected chi connectivity index (χ4v) is 2.57. The average Bonchev–Trinajstić information content (AvgIpc) is 2.58. The number of urea groups is 1. The third kappa shape index (κ3) is 5.92. The van der Waals surface area contributed by atoms with E-state index in [-0.39, 0.29) is 0 Å². The Kier molecular flexibility index (Phi) is 6.30. The second kappa shape index (κ2) is 8.23. The van der Waals surface area contributed by atoms with Crippen molar-refractivity contribution in [2.75, 3.05) is 57.8 Å². The fourth-order valence-electron chi connectivity index (χ4n) is 2.57. The molecule has 2 rings (SSSR count). The first-order chi connectivity index (χ1) is 11.3. The maximum atomic E-state index is 12.1. The third-order valence-corrected chi connectivity index (χ3v) is 4.03. The number of nitrogens with one attached hydrogen (secondary N) is 1. The van der Waals surface area contributed by atoms with Crippen molar-refractivity contribution < 1.29 is 18.0 Å². The molecule has 1 aliphatic rings. The van der Waals surface area contributed by atoms with Crippen LogP contribution >= 0.6 is 0 Å². The number of piperazine rings is 1. The van der Waals surface area contributed by atoms with Crippen LogP contribution in [0.2, 0.25) is 0 Å². The van der Waals surface area contributed by atoms with Gasteiger partial charge >= 0.3 is 12.2 Å². The number of anilines is 1. The standard InChI is InChI=1S/C16H23F3N4O/c1-21(15(24)20-13-16(17,18)19)7-8-22-9-11-23(12-10-22)14-5-3-2-4-6-14/h2-6H,7-13H2,1H3,(H,20,24). The molecular weight excluding hydrogens is 321 g/mol. The van der Waals surface area contributed by atoms with Gasteiger partial charge in [-0.15, -0.1) is 0 Å². The molecule has 0 aromatic heterocycles. The average molecular weight is 344 g/mol. The first-order valence-corrected chi connectivity index (χ1v) is 7.93. The van der Waals surface area contributed by atoms with Crippen LogP contribution in [-0.2, 0) is 0 Å². The van der Waals surface area contributed by atoms with E-state index in [0.717, 1.165) is 26.2 Å². The van der Waals surface area contributed by atoms with Crippen LogP contribution in [0.15, 0.2) is 30.3 Å². The van der Waals surface area contributed by atoms with Crippen molar-refractivity contribution in [1.82, 2.24) is 15.1 Å². The Morgan fingerprint density at radius 1 is 1.17 bits per heavy atom. The van der Waals surface area contributed by atoms with E-state index in [2.05, 4.69) is 21.9 Å². The lowest BCUT2D eigenvalue weighted by atomic mass is 10.2. The highest BCUT2D eigenvalue weighted by molar-refractivity contribution is 5.73. The summed E-state index contributed by atoms with van der Waals surface area (Å²) in [4.78, 5) is 17.4. The summed E-state index contributed by atoms with van der Waals surface area (Å²) in [6, 6.07) is 9.46. The number of carbonyl (C=O) groups is 1. The number of hydrogen-bond acceptors (Lipinski definition) is 3. The highest BCUT2D eigenvalue weighted by atomic mass is 19.4. The number of carbonyl (C=O) groups excluding carboxylic acids is 1. The van der Waals surface area contributed by atoms with E-state index >= 15 is 0 Å². The van der Waals surface area contributed by atoms with Gasteiger partial charge in [0.05, 0.1) is 0 Å². The molecule has 1 N–H and O–H groups in total. The van der Waals surface area contributed by atoms with Gasteiger partial charge in [-0.25, -0.2) is 4.79 Å². The maximum absolute atomic E-state index is 12.1. The molecule has 1 fully saturated rings. The number of halogens is 3. The van der Waals surface area contributed by atoms with Crippen LogP contribution in [0.5, 0.6) is 0 Å². The predicted octanol–water partition coefficient (Wildman–Crippen LogP) is 2.01. The van der Waals surface area contributed by atoms with Crippen molar-refractivity contribution in [2.24, 2.45) is 0 Å². The van der Waals surface area contributed by atoms with E-state index in [1.54, 1.807) is 0 Å². The minimum atomic E-state index is -4.38. The van der Waals surface area contributed by atoms with Gasteiger partial charge in [0, 0.05) is 52.0 Å². The van der Waals surface area contributed by atoms with Crippen LogP contribution in [0.4, 0.5) is 23.7 Å². The molecule has 0 unspecified atom stereocenters. The first kappa shape index (κ1) is 18.4. The van der Waals surface area contributed by atoms with Gasteiger partial charge < -0.3 is 15.1 Å². The molecular formula is C16H23F3N4O. The number of amides is 2. The van der Waals surface area contributed by atoms with Gasteiger partial charge in [-0.05, 0) is 12.1 Å². The molecule has 134 valence electrons. The zero-order valence-electron chi connectivity index (χ0n) is 13.7. The Hall–Kier alpha value is -1.96. The molecule has 5 nitrogen and oxygen atoms in total. The summed E-state index contributed by atoms with van der Waals surface area (Å²) in [7, 11) is 1.51. The number of alkyl halides is 3. The largest absolute Gasteiger partial charge is 0.405 e. The molecule has 1 aromatic rings. The van der Waals surface area contributed by atoms with E-state index in [1.165, 1.54) is 17.6 Å². The van der Waals surface area contributed by atoms with Gasteiger partial charge in [-0.3, -0.25) is 4.90 Å². The summed E-state index contributed by atoms with van der Waals surface area (Å²) in [6.07, 6.45) is -4.38. The summed E-state index contributed by atoms with van der Waals surface area (Å²) in [6.45, 7) is 3.28. The molecule has 1 aromatic carbocycles. The van der Waals surface area contributed by atoms with Crippen LogP contribution in [0.1, 0.15) is 0 Å². The monoisotopic (exact) mass is 344 g/mol. The van der Waals surface area contributed by atoms with Crippen LogP contribution in [0.3, 0.4) is 0 Å². The minimum absolute atomic E-state index is 0.398. The van der Waals surface area contributed by atoms with Crippen LogP contribution in [-0.4, -0.2) is 74.9 Å². The van der Waals surface area contributed by atoms with Gasteiger partial charge in [0.2, 0.25) is 0 Å². The SMILES string of the molecule is CN(CCN1CCN(c2ccccc2)CC1)C(=O)NCC(F)(F)F. The van der Waals surface area contributed by atoms with Crippen molar-refractivity contribution >= 4 is 11.7 Å². The predicted molar refractivity (Wildman–Crippen MR) is 87.2 cm³/mol. The fraction of sp³-hybridized carbons (Fsp3) is 0.562. The van der Waals surface area contributed by atoms with Crippen molar-refractivity contribution in [3.05, 3.63) is 30.3 Å². The number of likely N-dealkylation sites (N-methyl/N-ethyl adjacent to an activating group) is 1. The molecule has 24 heavy (non-hydrogen) atoms. The molecule has 0 spiro atoms. The van der Waals surface area contributed by atoms with Gasteiger partial charge in [0.1, 0.15) is 6.54 Å². The van der Waals surface area contributed by atoms with Gasteiger partial charge in [-0.1, -0.05) is 18.2 Å². The third-order valence-electron chi connectivity index (χ3n) is 4.03. The first-order valence-electron chi connectivity index (χ1n) is 7.93. The van der Waals surface area contributed by atoms with Crippen molar-refractivity contribution in [1.29, 1.82) is 0 Å². The molecule has 8 heteroatoms. The van der Waals surface area contributed by atoms with Gasteiger partial charge in [0.25, 0.3) is 0 Å². The molecule has 0 aliphatic carbocycles. The summed E-state index contributed by atoms with van der Waals surface area (Å²) in [5.74, 6) is 0. The van der Waals surface area contributed by atoms with E-state index in [0.29, 0.717) is 13.1 Å². The molecule has 2 amide bonds. The summed E-state index contributed by atoms with van der Waals surface area (Å²) in [5.41, 5.74) is 1.20. The van der Waals surface area contributed by atoms with Crippen LogP contribution in [0.25, 0.3) is 0 Å². The van der Waals surface area contributed by atoms with Gasteiger partial charge in [-0.2, -0.15) is 13.2 Å². The lowest BCUT2D eigenvalue weighted by molar-refractivity contribution is -0.123. The van der Waals surface area contributed by atoms with E-state index in [9.17, 15) is 18.0 Å². The Morgan fingerprint density at radius 2 is 1.79 bits per heavy atom. The highest BCUT2D eigenvalue weighted by Crippen LogP contribution is 2.15. The van der Waals surface area contributed by atoms with Crippen LogP contribution < -0.4 is 10.2 Å². The Balaban J connectivity index is 1.68. The quantitative estimate of drug-likeness (QED) is 0.888. The van der Waals surface area contributed by atoms with E-state index < -0.39 is 18.8 Å². The Labute approximate surface area is 140 Å². The number of nitrogens with zero attached hydrogens (tertiary/aromatic N) is 3. The zero-order chi connectivity index (χ0) is 17.6. The lowest BCUT2D eigenvalue weighted by Crippen LogP contribution is -2.49. The molecule has 1 heterocycles. The number of para-hydroxylation sites is 1. The second-order valence-corrected chi connectivity index (χ2v) is 5.86. The summed E-state index contributed by atoms with van der Waals surface area (Å²) < 4.78 is 36.3. The number of hydrogen-bond donors (Lipinski definition) is 1. The number of benzene rings is 1. The van der Waals surface area contributed by atoms with Gasteiger partial charge in [0.15, 0.2) is 0 Å². The molecule has 0 saturated carbocycles. The zero-order valence-corrected chi connectivity index (χ0v) is 13.7. The van der Waals surface area contributed by atoms with E-state index in [4.69, 9.17) is 0 Å².